The van der Waals surface area contributed by atoms with Gasteiger partial charge in [0, 0.05) is 4.90 Å². The SMILES string of the molecule is Cc1ccc(O)c2c1SCC(=O)N2. The number of carbonyl (C=O) groups excluding carboxylic acids is 1. The first-order valence-electron chi connectivity index (χ1n) is 3.93. The van der Waals surface area contributed by atoms with Gasteiger partial charge in [0.1, 0.15) is 5.75 Å². The number of phenols is 1. The standard InChI is InChI=1S/C9H9NO2S/c1-5-2-3-6(11)8-9(5)13-4-7(12)10-8/h2-3,11H,4H2,1H3,(H,10,12). The second-order valence-corrected chi connectivity index (χ2v) is 3.93. The number of hydrogen-bond acceptors (Lipinski definition) is 3. The molecule has 0 aromatic heterocycles. The van der Waals surface area contributed by atoms with Gasteiger partial charge in [-0.2, -0.15) is 0 Å². The van der Waals surface area contributed by atoms with Crippen LogP contribution in [0, 0.1) is 6.92 Å². The molecule has 0 radical (unpaired) electrons. The Hall–Kier alpha value is -1.16. The molecule has 4 heteroatoms. The molecule has 0 unspecified atom stereocenters. The quantitative estimate of drug-likeness (QED) is 0.620. The van der Waals surface area contributed by atoms with Crippen molar-refractivity contribution in [2.24, 2.45) is 0 Å². The predicted molar refractivity (Wildman–Crippen MR) is 52.2 cm³/mol. The summed E-state index contributed by atoms with van der Waals surface area (Å²) in [6, 6.07) is 3.44. The van der Waals surface area contributed by atoms with Crippen molar-refractivity contribution in [2.75, 3.05) is 11.1 Å². The Morgan fingerprint density at radius 3 is 3.08 bits per heavy atom. The number of carbonyl (C=O) groups is 1. The van der Waals surface area contributed by atoms with Crippen molar-refractivity contribution in [3.8, 4) is 5.75 Å². The van der Waals surface area contributed by atoms with Gasteiger partial charge in [-0.1, -0.05) is 6.07 Å². The summed E-state index contributed by atoms with van der Waals surface area (Å²) in [4.78, 5) is 12.0. The number of aromatic hydroxyl groups is 1. The molecule has 1 aliphatic rings. The third-order valence-electron chi connectivity index (χ3n) is 1.94. The number of hydrogen-bond donors (Lipinski definition) is 2. The monoisotopic (exact) mass is 195 g/mol. The number of rotatable bonds is 0. The van der Waals surface area contributed by atoms with Gasteiger partial charge < -0.3 is 10.4 Å². The van der Waals surface area contributed by atoms with E-state index in [-0.39, 0.29) is 11.7 Å². The van der Waals surface area contributed by atoms with Gasteiger partial charge in [0.05, 0.1) is 11.4 Å². The Kier molecular flexibility index (Phi) is 1.92. The number of nitrogens with one attached hydrogen (secondary N) is 1. The van der Waals surface area contributed by atoms with E-state index >= 15 is 0 Å². The van der Waals surface area contributed by atoms with Gasteiger partial charge in [-0.3, -0.25) is 4.79 Å². The normalized spacial score (nSPS) is 15.0. The second-order valence-electron chi connectivity index (χ2n) is 2.94. The molecule has 0 aliphatic carbocycles. The van der Waals surface area contributed by atoms with Crippen LogP contribution in [0.25, 0.3) is 0 Å². The van der Waals surface area contributed by atoms with Gasteiger partial charge in [0.25, 0.3) is 0 Å². The lowest BCUT2D eigenvalue weighted by Crippen LogP contribution is -2.19. The third-order valence-corrected chi connectivity index (χ3v) is 3.17. The minimum absolute atomic E-state index is 0.0570. The van der Waals surface area contributed by atoms with E-state index < -0.39 is 0 Å². The number of amides is 1. The van der Waals surface area contributed by atoms with Crippen LogP contribution in [0.4, 0.5) is 5.69 Å². The average molecular weight is 195 g/mol. The zero-order valence-corrected chi connectivity index (χ0v) is 7.94. The Balaban J connectivity index is 2.57. The van der Waals surface area contributed by atoms with E-state index in [9.17, 15) is 9.90 Å². The van der Waals surface area contributed by atoms with Crippen molar-refractivity contribution in [3.05, 3.63) is 17.7 Å². The topological polar surface area (TPSA) is 49.3 Å². The first-order valence-corrected chi connectivity index (χ1v) is 4.92. The van der Waals surface area contributed by atoms with Crippen LogP contribution in [0.15, 0.2) is 17.0 Å². The van der Waals surface area contributed by atoms with E-state index in [1.54, 1.807) is 6.07 Å². The molecule has 1 heterocycles. The van der Waals surface area contributed by atoms with Crippen molar-refractivity contribution in [1.82, 2.24) is 0 Å². The maximum absolute atomic E-state index is 11.0. The lowest BCUT2D eigenvalue weighted by molar-refractivity contribution is -0.113. The van der Waals surface area contributed by atoms with Crippen molar-refractivity contribution < 1.29 is 9.90 Å². The Bertz CT molecular complexity index is 376. The van der Waals surface area contributed by atoms with Gasteiger partial charge in [-0.05, 0) is 18.6 Å². The number of phenolic OH excluding ortho intramolecular Hbond substituents is 1. The number of aryl methyl sites for hydroxylation is 1. The fraction of sp³-hybridized carbons (Fsp3) is 0.222. The summed E-state index contributed by atoms with van der Waals surface area (Å²) in [6.07, 6.45) is 0. The highest BCUT2D eigenvalue weighted by Gasteiger charge is 2.19. The maximum Gasteiger partial charge on any atom is 0.234 e. The minimum Gasteiger partial charge on any atom is -0.506 e. The van der Waals surface area contributed by atoms with E-state index in [1.165, 1.54) is 11.8 Å². The van der Waals surface area contributed by atoms with E-state index in [0.29, 0.717) is 11.4 Å². The largest absolute Gasteiger partial charge is 0.506 e. The molecular formula is C9H9NO2S. The summed E-state index contributed by atoms with van der Waals surface area (Å²) >= 11 is 1.47. The van der Waals surface area contributed by atoms with Gasteiger partial charge in [-0.25, -0.2) is 0 Å². The molecule has 68 valence electrons. The highest BCUT2D eigenvalue weighted by Crippen LogP contribution is 2.39. The number of anilines is 1. The fourth-order valence-electron chi connectivity index (χ4n) is 1.30. The highest BCUT2D eigenvalue weighted by molar-refractivity contribution is 8.00. The van der Waals surface area contributed by atoms with Crippen LogP contribution in [-0.2, 0) is 4.79 Å². The Labute approximate surface area is 80.1 Å². The number of benzene rings is 1. The highest BCUT2D eigenvalue weighted by atomic mass is 32.2. The lowest BCUT2D eigenvalue weighted by Gasteiger charge is -2.18. The van der Waals surface area contributed by atoms with Crippen LogP contribution in [0.5, 0.6) is 5.75 Å². The van der Waals surface area contributed by atoms with Gasteiger partial charge >= 0.3 is 0 Å². The van der Waals surface area contributed by atoms with Crippen molar-refractivity contribution in [3.63, 3.8) is 0 Å². The van der Waals surface area contributed by atoms with Crippen LogP contribution in [-0.4, -0.2) is 16.8 Å². The van der Waals surface area contributed by atoms with Crippen molar-refractivity contribution in [1.29, 1.82) is 0 Å². The maximum atomic E-state index is 11.0. The summed E-state index contributed by atoms with van der Waals surface area (Å²) in [5.74, 6) is 0.511. The molecule has 2 rings (SSSR count). The molecule has 13 heavy (non-hydrogen) atoms. The summed E-state index contributed by atoms with van der Waals surface area (Å²) in [5, 5.41) is 12.1. The van der Waals surface area contributed by atoms with Crippen molar-refractivity contribution >= 4 is 23.4 Å². The molecule has 1 amide bonds. The van der Waals surface area contributed by atoms with E-state index in [4.69, 9.17) is 0 Å². The zero-order chi connectivity index (χ0) is 9.42. The van der Waals surface area contributed by atoms with E-state index in [1.807, 2.05) is 13.0 Å². The van der Waals surface area contributed by atoms with E-state index in [2.05, 4.69) is 5.32 Å². The second kappa shape index (κ2) is 2.96. The Morgan fingerprint density at radius 1 is 1.54 bits per heavy atom. The minimum atomic E-state index is -0.0570. The smallest absolute Gasteiger partial charge is 0.234 e. The van der Waals surface area contributed by atoms with Crippen LogP contribution in [0.3, 0.4) is 0 Å². The molecular weight excluding hydrogens is 186 g/mol. The number of fused-ring (bicyclic) bond motifs is 1. The summed E-state index contributed by atoms with van der Waals surface area (Å²) in [5.41, 5.74) is 1.64. The Morgan fingerprint density at radius 2 is 2.31 bits per heavy atom. The van der Waals surface area contributed by atoms with Crippen LogP contribution < -0.4 is 5.32 Å². The first kappa shape index (κ1) is 8.44. The van der Waals surface area contributed by atoms with Crippen molar-refractivity contribution in [2.45, 2.75) is 11.8 Å². The average Bonchev–Trinajstić information content (AvgIpc) is 2.12. The fourth-order valence-corrected chi connectivity index (χ4v) is 2.24. The lowest BCUT2D eigenvalue weighted by atomic mass is 10.2. The first-order chi connectivity index (χ1) is 6.18. The molecule has 0 saturated heterocycles. The predicted octanol–water partition coefficient (Wildman–Crippen LogP) is 1.74. The zero-order valence-electron chi connectivity index (χ0n) is 7.13. The van der Waals surface area contributed by atoms with E-state index in [0.717, 1.165) is 10.5 Å². The molecule has 1 aromatic carbocycles. The number of thioether (sulfide) groups is 1. The third kappa shape index (κ3) is 1.37. The van der Waals surface area contributed by atoms with Gasteiger partial charge in [0.15, 0.2) is 0 Å². The molecule has 1 aliphatic heterocycles. The van der Waals surface area contributed by atoms with Crippen LogP contribution >= 0.6 is 11.8 Å². The molecule has 0 bridgehead atoms. The molecule has 0 spiro atoms. The molecule has 0 saturated carbocycles. The van der Waals surface area contributed by atoms with Gasteiger partial charge in [0.2, 0.25) is 5.91 Å². The molecule has 0 atom stereocenters. The van der Waals surface area contributed by atoms with Crippen LogP contribution in [0.1, 0.15) is 5.56 Å². The summed E-state index contributed by atoms with van der Waals surface area (Å²) in [7, 11) is 0. The molecule has 3 nitrogen and oxygen atoms in total. The van der Waals surface area contributed by atoms with Gasteiger partial charge in [-0.15, -0.1) is 11.8 Å². The van der Waals surface area contributed by atoms with Crippen LogP contribution in [0.2, 0.25) is 0 Å². The molecule has 0 fully saturated rings. The summed E-state index contributed by atoms with van der Waals surface area (Å²) in [6.45, 7) is 1.96. The molecule has 1 aromatic rings. The molecule has 2 N–H and O–H groups in total. The summed E-state index contributed by atoms with van der Waals surface area (Å²) < 4.78 is 0.